The molecule has 1 N–H and O–H groups in total. The quantitative estimate of drug-likeness (QED) is 0.857. The van der Waals surface area contributed by atoms with Gasteiger partial charge in [0.1, 0.15) is 30.3 Å². The van der Waals surface area contributed by atoms with Gasteiger partial charge in [-0.05, 0) is 51.1 Å². The zero-order valence-electron chi connectivity index (χ0n) is 15.0. The van der Waals surface area contributed by atoms with Gasteiger partial charge < -0.3 is 14.8 Å². The second-order valence-corrected chi connectivity index (χ2v) is 7.50. The van der Waals surface area contributed by atoms with E-state index in [2.05, 4.69) is 30.2 Å². The second-order valence-electron chi connectivity index (χ2n) is 7.07. The molecule has 2 heterocycles. The lowest BCUT2D eigenvalue weighted by atomic mass is 9.91. The van der Waals surface area contributed by atoms with E-state index in [4.69, 9.17) is 21.1 Å². The van der Waals surface area contributed by atoms with Gasteiger partial charge in [0.25, 0.3) is 0 Å². The van der Waals surface area contributed by atoms with Gasteiger partial charge in [0.15, 0.2) is 0 Å². The molecule has 1 aromatic carbocycles. The molecule has 6 heteroatoms. The van der Waals surface area contributed by atoms with E-state index in [0.29, 0.717) is 16.3 Å². The van der Waals surface area contributed by atoms with Gasteiger partial charge in [0.05, 0.1) is 11.3 Å². The monoisotopic (exact) mass is 371 g/mol. The molecule has 1 saturated heterocycles. The number of hydrogen-bond donors (Lipinski definition) is 1. The fourth-order valence-corrected chi connectivity index (χ4v) is 3.26. The lowest BCUT2D eigenvalue weighted by Crippen LogP contribution is -2.49. The Bertz CT molecular complexity index is 817. The fourth-order valence-electron chi connectivity index (χ4n) is 3.08. The number of nitrogens with one attached hydrogen (secondary N) is 1. The summed E-state index contributed by atoms with van der Waals surface area (Å²) in [7, 11) is 0. The Hall–Kier alpha value is -2.29. The van der Waals surface area contributed by atoms with E-state index in [1.54, 1.807) is 24.4 Å². The predicted octanol–water partition coefficient (Wildman–Crippen LogP) is 4.10. The number of hydrogen-bond acceptors (Lipinski definition) is 5. The average Bonchev–Trinajstić information content (AvgIpc) is 2.60. The third-order valence-electron chi connectivity index (χ3n) is 4.34. The first-order chi connectivity index (χ1) is 12.4. The molecule has 3 rings (SSSR count). The van der Waals surface area contributed by atoms with Crippen LogP contribution in [0.3, 0.4) is 0 Å². The molecular weight excluding hydrogens is 350 g/mol. The van der Waals surface area contributed by atoms with Gasteiger partial charge in [0.2, 0.25) is 0 Å². The predicted molar refractivity (Wildman–Crippen MR) is 100 cm³/mol. The van der Waals surface area contributed by atoms with Crippen molar-refractivity contribution in [3.05, 3.63) is 52.8 Å². The van der Waals surface area contributed by atoms with Crippen LogP contribution < -0.4 is 14.8 Å². The molecule has 1 aromatic heterocycles. The number of benzene rings is 1. The number of pyridine rings is 1. The van der Waals surface area contributed by atoms with Crippen LogP contribution in [0.1, 0.15) is 37.9 Å². The third-order valence-corrected chi connectivity index (χ3v) is 4.57. The van der Waals surface area contributed by atoms with Crippen LogP contribution in [0.4, 0.5) is 0 Å². The Balaban J connectivity index is 1.64. The number of aromatic nitrogens is 1. The molecule has 1 atom stereocenters. The molecule has 0 bridgehead atoms. The van der Waals surface area contributed by atoms with Crippen molar-refractivity contribution >= 4 is 11.6 Å². The van der Waals surface area contributed by atoms with Gasteiger partial charge in [-0.25, -0.2) is 0 Å². The molecule has 0 aliphatic carbocycles. The molecule has 0 spiro atoms. The summed E-state index contributed by atoms with van der Waals surface area (Å²) in [5, 5.41) is 13.2. The minimum atomic E-state index is 0.0875. The van der Waals surface area contributed by atoms with Gasteiger partial charge in [-0.2, -0.15) is 5.26 Å². The lowest BCUT2D eigenvalue weighted by Gasteiger charge is -2.36. The van der Waals surface area contributed by atoms with Crippen molar-refractivity contribution in [1.29, 1.82) is 5.26 Å². The van der Waals surface area contributed by atoms with E-state index in [9.17, 15) is 5.26 Å². The summed E-state index contributed by atoms with van der Waals surface area (Å²) < 4.78 is 11.9. The van der Waals surface area contributed by atoms with Crippen LogP contribution in [0.15, 0.2) is 36.5 Å². The van der Waals surface area contributed by atoms with Crippen molar-refractivity contribution in [2.24, 2.45) is 0 Å². The van der Waals surface area contributed by atoms with Crippen LogP contribution in [0.25, 0.3) is 0 Å². The highest BCUT2D eigenvalue weighted by atomic mass is 35.5. The third kappa shape index (κ3) is 4.87. The van der Waals surface area contributed by atoms with Crippen molar-refractivity contribution in [3.8, 4) is 17.6 Å². The highest BCUT2D eigenvalue weighted by Gasteiger charge is 2.28. The number of piperidine rings is 1. The highest BCUT2D eigenvalue weighted by Crippen LogP contribution is 2.25. The molecule has 136 valence electrons. The molecular formula is C20H22ClN3O2. The smallest absolute Gasteiger partial charge is 0.137 e. The van der Waals surface area contributed by atoms with E-state index >= 15 is 0 Å². The maximum Gasteiger partial charge on any atom is 0.137 e. The largest absolute Gasteiger partial charge is 0.490 e. The van der Waals surface area contributed by atoms with Gasteiger partial charge in [-0.1, -0.05) is 11.6 Å². The van der Waals surface area contributed by atoms with Gasteiger partial charge in [0, 0.05) is 29.2 Å². The minimum Gasteiger partial charge on any atom is -0.490 e. The van der Waals surface area contributed by atoms with E-state index in [-0.39, 0.29) is 18.2 Å². The maximum absolute atomic E-state index is 9.18. The molecule has 0 radical (unpaired) electrons. The SMILES string of the molecule is CC1(C)CC(Oc2ccnc(COc3ccc(Cl)cc3C#N)c2)CCN1. The summed E-state index contributed by atoms with van der Waals surface area (Å²) >= 11 is 5.91. The zero-order chi connectivity index (χ0) is 18.6. The van der Waals surface area contributed by atoms with Crippen LogP contribution >= 0.6 is 11.6 Å². The Kier molecular flexibility index (Phi) is 5.65. The highest BCUT2D eigenvalue weighted by molar-refractivity contribution is 6.30. The first-order valence-electron chi connectivity index (χ1n) is 8.64. The first-order valence-corrected chi connectivity index (χ1v) is 9.02. The van der Waals surface area contributed by atoms with Gasteiger partial charge in [-0.3, -0.25) is 4.98 Å². The van der Waals surface area contributed by atoms with Gasteiger partial charge >= 0.3 is 0 Å². The van der Waals surface area contributed by atoms with Crippen LogP contribution in [0.2, 0.25) is 5.02 Å². The molecule has 0 saturated carbocycles. The number of halogens is 1. The number of ether oxygens (including phenoxy) is 2. The maximum atomic E-state index is 9.18. The van der Waals surface area contributed by atoms with E-state index < -0.39 is 0 Å². The molecule has 1 aliphatic heterocycles. The van der Waals surface area contributed by atoms with Crippen LogP contribution in [-0.4, -0.2) is 23.2 Å². The Labute approximate surface area is 158 Å². The summed E-state index contributed by atoms with van der Waals surface area (Å²) in [4.78, 5) is 4.32. The van der Waals surface area contributed by atoms with Crippen molar-refractivity contribution in [3.63, 3.8) is 0 Å². The molecule has 1 fully saturated rings. The Morgan fingerprint density at radius 1 is 1.35 bits per heavy atom. The van der Waals surface area contributed by atoms with Gasteiger partial charge in [-0.15, -0.1) is 0 Å². The van der Waals surface area contributed by atoms with Crippen LogP contribution in [0, 0.1) is 11.3 Å². The number of rotatable bonds is 5. The Morgan fingerprint density at radius 2 is 2.19 bits per heavy atom. The normalized spacial score (nSPS) is 18.8. The molecule has 2 aromatic rings. The van der Waals surface area contributed by atoms with Crippen LogP contribution in [0.5, 0.6) is 11.5 Å². The van der Waals surface area contributed by atoms with E-state index in [1.165, 1.54) is 0 Å². The zero-order valence-corrected chi connectivity index (χ0v) is 15.7. The Morgan fingerprint density at radius 3 is 2.96 bits per heavy atom. The number of nitrogens with zero attached hydrogens (tertiary/aromatic N) is 2. The van der Waals surface area contributed by atoms with Crippen molar-refractivity contribution in [1.82, 2.24) is 10.3 Å². The molecule has 1 aliphatic rings. The molecule has 26 heavy (non-hydrogen) atoms. The second kappa shape index (κ2) is 7.94. The molecule has 1 unspecified atom stereocenters. The molecule has 0 amide bonds. The number of nitriles is 1. The minimum absolute atomic E-state index is 0.0875. The summed E-state index contributed by atoms with van der Waals surface area (Å²) in [5.74, 6) is 1.28. The van der Waals surface area contributed by atoms with E-state index in [0.717, 1.165) is 30.8 Å². The van der Waals surface area contributed by atoms with Crippen molar-refractivity contribution < 1.29 is 9.47 Å². The molecule has 5 nitrogen and oxygen atoms in total. The standard InChI is InChI=1S/C20H22ClN3O2/c1-20(2)11-18(6-8-24-20)26-17-5-7-23-16(10-17)13-25-19-4-3-15(21)9-14(19)12-22/h3-5,7,9-10,18,24H,6,8,11,13H2,1-2H3. The van der Waals surface area contributed by atoms with E-state index in [1.807, 2.05) is 12.1 Å². The fraction of sp³-hybridized carbons (Fsp3) is 0.400. The summed E-state index contributed by atoms with van der Waals surface area (Å²) in [5.41, 5.74) is 1.24. The summed E-state index contributed by atoms with van der Waals surface area (Å²) in [6.45, 7) is 5.58. The van der Waals surface area contributed by atoms with Crippen molar-refractivity contribution in [2.75, 3.05) is 6.54 Å². The average molecular weight is 372 g/mol. The van der Waals surface area contributed by atoms with Crippen LogP contribution in [-0.2, 0) is 6.61 Å². The topological polar surface area (TPSA) is 67.2 Å². The summed E-state index contributed by atoms with van der Waals surface area (Å²) in [6, 6.07) is 10.8. The lowest BCUT2D eigenvalue weighted by molar-refractivity contribution is 0.112. The first kappa shape index (κ1) is 18.5. The summed E-state index contributed by atoms with van der Waals surface area (Å²) in [6.07, 6.45) is 3.84. The van der Waals surface area contributed by atoms with Crippen molar-refractivity contribution in [2.45, 2.75) is 44.9 Å².